The van der Waals surface area contributed by atoms with Crippen LogP contribution in [-0.4, -0.2) is 28.2 Å². The van der Waals surface area contributed by atoms with E-state index in [0.717, 1.165) is 32.2 Å². The monoisotopic (exact) mass is 336 g/mol. The first-order valence-corrected chi connectivity index (χ1v) is 7.97. The minimum Gasteiger partial charge on any atom is -0.452 e. The largest absolute Gasteiger partial charge is 0.452 e. The second-order valence-electron chi connectivity index (χ2n) is 5.06. The van der Waals surface area contributed by atoms with Crippen molar-refractivity contribution in [2.75, 3.05) is 24.2 Å². The summed E-state index contributed by atoms with van der Waals surface area (Å²) in [6, 6.07) is 7.06. The third kappa shape index (κ3) is 5.92. The van der Waals surface area contributed by atoms with Crippen LogP contribution in [0.15, 0.2) is 30.5 Å². The van der Waals surface area contributed by atoms with Gasteiger partial charge in [-0.25, -0.2) is 4.98 Å². The number of unbranched alkanes of at least 4 members (excludes halogenated alkanes) is 3. The molecule has 0 saturated carbocycles. The van der Waals surface area contributed by atoms with E-state index in [1.807, 2.05) is 0 Å². The van der Waals surface area contributed by atoms with E-state index >= 15 is 0 Å². The molecule has 0 aliphatic carbocycles. The zero-order valence-corrected chi connectivity index (χ0v) is 13.6. The van der Waals surface area contributed by atoms with Crippen LogP contribution in [0.2, 0.25) is 5.02 Å². The normalized spacial score (nSPS) is 10.5. The molecule has 6 nitrogen and oxygen atoms in total. The first-order valence-electron chi connectivity index (χ1n) is 7.59. The fraction of sp³-hybridized carbons (Fsp3) is 0.375. The van der Waals surface area contributed by atoms with Crippen molar-refractivity contribution in [2.24, 2.45) is 0 Å². The summed E-state index contributed by atoms with van der Waals surface area (Å²) in [5.74, 6) is 1.91. The predicted octanol–water partition coefficient (Wildman–Crippen LogP) is 3.47. The van der Waals surface area contributed by atoms with Crippen molar-refractivity contribution in [1.29, 1.82) is 0 Å². The number of nitrogens with one attached hydrogen (secondary N) is 1. The van der Waals surface area contributed by atoms with Gasteiger partial charge in [-0.2, -0.15) is 4.98 Å². The van der Waals surface area contributed by atoms with Crippen LogP contribution < -0.4 is 15.8 Å². The molecule has 1 heterocycles. The number of nitrogen functional groups attached to an aromatic ring is 1. The molecular formula is C16H21ClN4O2. The minimum absolute atomic E-state index is 0.191. The van der Waals surface area contributed by atoms with E-state index in [1.54, 1.807) is 30.5 Å². The van der Waals surface area contributed by atoms with Gasteiger partial charge in [0.2, 0.25) is 5.95 Å². The zero-order valence-electron chi connectivity index (χ0n) is 12.8. The summed E-state index contributed by atoms with van der Waals surface area (Å²) >= 11 is 5.86. The van der Waals surface area contributed by atoms with Crippen molar-refractivity contribution in [3.05, 3.63) is 35.5 Å². The number of hydrogen-bond donors (Lipinski definition) is 3. The Morgan fingerprint density at radius 1 is 1.13 bits per heavy atom. The molecule has 0 bridgehead atoms. The average molecular weight is 337 g/mol. The van der Waals surface area contributed by atoms with Gasteiger partial charge < -0.3 is 20.9 Å². The number of aliphatic hydroxyl groups excluding tert-OH is 1. The molecule has 1 aromatic heterocycles. The van der Waals surface area contributed by atoms with Crippen LogP contribution in [0.4, 0.5) is 11.8 Å². The van der Waals surface area contributed by atoms with Gasteiger partial charge in [-0.15, -0.1) is 0 Å². The highest BCUT2D eigenvalue weighted by molar-refractivity contribution is 6.30. The van der Waals surface area contributed by atoms with E-state index < -0.39 is 0 Å². The molecule has 0 spiro atoms. The molecule has 0 atom stereocenters. The van der Waals surface area contributed by atoms with Crippen molar-refractivity contribution in [3.63, 3.8) is 0 Å². The summed E-state index contributed by atoms with van der Waals surface area (Å²) in [4.78, 5) is 8.16. The molecule has 124 valence electrons. The lowest BCUT2D eigenvalue weighted by Crippen LogP contribution is -2.07. The van der Waals surface area contributed by atoms with Crippen molar-refractivity contribution >= 4 is 23.4 Å². The Morgan fingerprint density at radius 2 is 1.87 bits per heavy atom. The zero-order chi connectivity index (χ0) is 16.5. The van der Waals surface area contributed by atoms with E-state index in [9.17, 15) is 0 Å². The Hall–Kier alpha value is -2.05. The number of benzene rings is 1. The summed E-state index contributed by atoms with van der Waals surface area (Å²) in [5, 5.41) is 12.6. The minimum atomic E-state index is 0.191. The van der Waals surface area contributed by atoms with E-state index in [2.05, 4.69) is 15.3 Å². The molecule has 0 radical (unpaired) electrons. The number of nitrogens with two attached hydrogens (primary N) is 1. The SMILES string of the molecule is Nc1ncc(Oc2ccc(Cl)cc2)c(NCCCCCCO)n1. The Kier molecular flexibility index (Phi) is 6.90. The maximum Gasteiger partial charge on any atom is 0.222 e. The van der Waals surface area contributed by atoms with Crippen LogP contribution in [0.1, 0.15) is 25.7 Å². The Morgan fingerprint density at radius 3 is 2.61 bits per heavy atom. The maximum atomic E-state index is 8.75. The van der Waals surface area contributed by atoms with Crippen LogP contribution in [0.25, 0.3) is 0 Å². The van der Waals surface area contributed by atoms with E-state index in [4.69, 9.17) is 27.2 Å². The van der Waals surface area contributed by atoms with Crippen LogP contribution >= 0.6 is 11.6 Å². The highest BCUT2D eigenvalue weighted by Gasteiger charge is 2.08. The molecule has 2 aromatic rings. The highest BCUT2D eigenvalue weighted by atomic mass is 35.5. The van der Waals surface area contributed by atoms with Crippen molar-refractivity contribution in [1.82, 2.24) is 9.97 Å². The first kappa shape index (κ1) is 17.3. The summed E-state index contributed by atoms with van der Waals surface area (Å²) in [5.41, 5.74) is 5.65. The molecule has 0 saturated heterocycles. The quantitative estimate of drug-likeness (QED) is 0.607. The number of aromatic nitrogens is 2. The van der Waals surface area contributed by atoms with Crippen LogP contribution in [-0.2, 0) is 0 Å². The van der Waals surface area contributed by atoms with Crippen LogP contribution in [0.3, 0.4) is 0 Å². The second kappa shape index (κ2) is 9.17. The number of nitrogens with zero attached hydrogens (tertiary/aromatic N) is 2. The summed E-state index contributed by atoms with van der Waals surface area (Å²) in [6.07, 6.45) is 5.42. The molecule has 4 N–H and O–H groups in total. The number of aliphatic hydroxyl groups is 1. The Balaban J connectivity index is 1.95. The number of anilines is 2. The third-order valence-corrected chi connectivity index (χ3v) is 3.44. The fourth-order valence-corrected chi connectivity index (χ4v) is 2.14. The smallest absolute Gasteiger partial charge is 0.222 e. The fourth-order valence-electron chi connectivity index (χ4n) is 2.01. The topological polar surface area (TPSA) is 93.3 Å². The van der Waals surface area contributed by atoms with E-state index in [1.165, 1.54) is 0 Å². The van der Waals surface area contributed by atoms with Gasteiger partial charge in [0.05, 0.1) is 6.20 Å². The lowest BCUT2D eigenvalue weighted by molar-refractivity contribution is 0.283. The summed E-state index contributed by atoms with van der Waals surface area (Å²) in [7, 11) is 0. The molecule has 0 aliphatic rings. The van der Waals surface area contributed by atoms with Gasteiger partial charge in [-0.1, -0.05) is 24.4 Å². The average Bonchev–Trinajstić information content (AvgIpc) is 2.55. The highest BCUT2D eigenvalue weighted by Crippen LogP contribution is 2.28. The van der Waals surface area contributed by atoms with Gasteiger partial charge in [0.1, 0.15) is 5.75 Å². The van der Waals surface area contributed by atoms with Crippen LogP contribution in [0, 0.1) is 0 Å². The lowest BCUT2D eigenvalue weighted by Gasteiger charge is -2.12. The predicted molar refractivity (Wildman–Crippen MR) is 92.0 cm³/mol. The number of rotatable bonds is 9. The van der Waals surface area contributed by atoms with Crippen molar-refractivity contribution < 1.29 is 9.84 Å². The van der Waals surface area contributed by atoms with E-state index in [0.29, 0.717) is 22.3 Å². The summed E-state index contributed by atoms with van der Waals surface area (Å²) in [6.45, 7) is 0.994. The van der Waals surface area contributed by atoms with Gasteiger partial charge >= 0.3 is 0 Å². The molecule has 23 heavy (non-hydrogen) atoms. The first-order chi connectivity index (χ1) is 11.2. The van der Waals surface area contributed by atoms with Crippen molar-refractivity contribution in [2.45, 2.75) is 25.7 Å². The van der Waals surface area contributed by atoms with Gasteiger partial charge in [0.25, 0.3) is 0 Å². The van der Waals surface area contributed by atoms with Gasteiger partial charge in [0.15, 0.2) is 11.6 Å². The molecule has 1 aromatic carbocycles. The Bertz CT molecular complexity index is 608. The summed E-state index contributed by atoms with van der Waals surface area (Å²) < 4.78 is 5.78. The second-order valence-corrected chi connectivity index (χ2v) is 5.50. The Labute approximate surface area is 140 Å². The lowest BCUT2D eigenvalue weighted by atomic mass is 10.2. The molecule has 0 fully saturated rings. The molecule has 0 amide bonds. The standard InChI is InChI=1S/C16H21ClN4O2/c17-12-5-7-13(8-6-12)23-14-11-20-16(18)21-15(14)19-9-3-1-2-4-10-22/h5-8,11,22H,1-4,9-10H2,(H3,18,19,20,21). The maximum absolute atomic E-state index is 8.75. The molecule has 2 rings (SSSR count). The number of halogens is 1. The molecule has 7 heteroatoms. The number of hydrogen-bond acceptors (Lipinski definition) is 6. The third-order valence-electron chi connectivity index (χ3n) is 3.19. The molecular weight excluding hydrogens is 316 g/mol. The van der Waals surface area contributed by atoms with Gasteiger partial charge in [0, 0.05) is 18.2 Å². The molecule has 0 aliphatic heterocycles. The van der Waals surface area contributed by atoms with Gasteiger partial charge in [-0.3, -0.25) is 0 Å². The van der Waals surface area contributed by atoms with E-state index in [-0.39, 0.29) is 12.6 Å². The van der Waals surface area contributed by atoms with Gasteiger partial charge in [-0.05, 0) is 37.1 Å². The van der Waals surface area contributed by atoms with Crippen LogP contribution in [0.5, 0.6) is 11.5 Å². The number of ether oxygens (including phenoxy) is 1. The molecule has 0 unspecified atom stereocenters. The van der Waals surface area contributed by atoms with Crippen molar-refractivity contribution in [3.8, 4) is 11.5 Å².